The molecule has 0 bridgehead atoms. The standard InChI is InChI=1S/C16H19N3O2/c1-10-8-14(11(2)18-10)9-17-16(21)13-4-6-15(7-5-13)19-12(3)20/h4-8,18H,9H2,1-3H3,(H,17,21)(H,19,20). The number of amides is 2. The summed E-state index contributed by atoms with van der Waals surface area (Å²) in [5, 5.41) is 5.55. The minimum Gasteiger partial charge on any atom is -0.362 e. The van der Waals surface area contributed by atoms with Gasteiger partial charge < -0.3 is 15.6 Å². The Labute approximate surface area is 123 Å². The first-order valence-electron chi connectivity index (χ1n) is 6.76. The molecule has 0 saturated carbocycles. The molecule has 110 valence electrons. The van der Waals surface area contributed by atoms with Crippen molar-refractivity contribution in [3.8, 4) is 0 Å². The van der Waals surface area contributed by atoms with Crippen molar-refractivity contribution >= 4 is 17.5 Å². The Kier molecular flexibility index (Phi) is 4.42. The highest BCUT2D eigenvalue weighted by molar-refractivity contribution is 5.95. The van der Waals surface area contributed by atoms with Gasteiger partial charge in [0.2, 0.25) is 5.91 Å². The van der Waals surface area contributed by atoms with Crippen LogP contribution in [0.2, 0.25) is 0 Å². The molecule has 0 aliphatic carbocycles. The third kappa shape index (κ3) is 3.95. The number of hydrogen-bond acceptors (Lipinski definition) is 2. The number of rotatable bonds is 4. The third-order valence-corrected chi connectivity index (χ3v) is 3.16. The van der Waals surface area contributed by atoms with Gasteiger partial charge in [0.05, 0.1) is 0 Å². The number of benzene rings is 1. The second kappa shape index (κ2) is 6.26. The van der Waals surface area contributed by atoms with Crippen LogP contribution in [0.25, 0.3) is 0 Å². The molecule has 1 heterocycles. The summed E-state index contributed by atoms with van der Waals surface area (Å²) in [5.41, 5.74) is 4.46. The molecule has 1 aromatic heterocycles. The number of nitrogens with one attached hydrogen (secondary N) is 3. The van der Waals surface area contributed by atoms with Crippen LogP contribution in [-0.4, -0.2) is 16.8 Å². The fraction of sp³-hybridized carbons (Fsp3) is 0.250. The van der Waals surface area contributed by atoms with E-state index in [0.717, 1.165) is 17.0 Å². The van der Waals surface area contributed by atoms with Crippen molar-refractivity contribution < 1.29 is 9.59 Å². The van der Waals surface area contributed by atoms with E-state index in [9.17, 15) is 9.59 Å². The minimum atomic E-state index is -0.136. The SMILES string of the molecule is CC(=O)Nc1ccc(C(=O)NCc2cc(C)[nH]c2C)cc1. The first-order valence-corrected chi connectivity index (χ1v) is 6.76. The summed E-state index contributed by atoms with van der Waals surface area (Å²) in [5.74, 6) is -0.270. The predicted molar refractivity (Wildman–Crippen MR) is 82.2 cm³/mol. The maximum Gasteiger partial charge on any atom is 0.251 e. The zero-order valence-electron chi connectivity index (χ0n) is 12.4. The second-order valence-corrected chi connectivity index (χ2v) is 5.04. The van der Waals surface area contributed by atoms with Gasteiger partial charge in [0.25, 0.3) is 5.91 Å². The van der Waals surface area contributed by atoms with Crippen LogP contribution < -0.4 is 10.6 Å². The van der Waals surface area contributed by atoms with E-state index in [2.05, 4.69) is 15.6 Å². The monoisotopic (exact) mass is 285 g/mol. The van der Waals surface area contributed by atoms with Crippen LogP contribution in [0.5, 0.6) is 0 Å². The van der Waals surface area contributed by atoms with E-state index in [1.54, 1.807) is 24.3 Å². The van der Waals surface area contributed by atoms with Gasteiger partial charge in [0.1, 0.15) is 0 Å². The molecule has 5 heteroatoms. The maximum atomic E-state index is 12.1. The molecule has 0 saturated heterocycles. The van der Waals surface area contributed by atoms with Gasteiger partial charge in [-0.25, -0.2) is 0 Å². The fourth-order valence-corrected chi connectivity index (χ4v) is 2.15. The van der Waals surface area contributed by atoms with Gasteiger partial charge in [-0.15, -0.1) is 0 Å². The summed E-state index contributed by atoms with van der Waals surface area (Å²) in [6.45, 7) is 5.90. The van der Waals surface area contributed by atoms with E-state index in [0.29, 0.717) is 17.8 Å². The number of aromatic nitrogens is 1. The molecule has 0 spiro atoms. The predicted octanol–water partition coefficient (Wildman–Crippen LogP) is 2.52. The molecule has 21 heavy (non-hydrogen) atoms. The highest BCUT2D eigenvalue weighted by Gasteiger charge is 2.07. The van der Waals surface area contributed by atoms with Crippen molar-refractivity contribution in [1.29, 1.82) is 0 Å². The topological polar surface area (TPSA) is 74.0 Å². The van der Waals surface area contributed by atoms with E-state index in [1.165, 1.54) is 6.92 Å². The fourth-order valence-electron chi connectivity index (χ4n) is 2.15. The Morgan fingerprint density at radius 3 is 2.33 bits per heavy atom. The Hall–Kier alpha value is -2.56. The maximum absolute atomic E-state index is 12.1. The summed E-state index contributed by atoms with van der Waals surface area (Å²) in [6.07, 6.45) is 0. The van der Waals surface area contributed by atoms with Gasteiger partial charge in [-0.1, -0.05) is 0 Å². The molecule has 2 amide bonds. The summed E-state index contributed by atoms with van der Waals surface area (Å²) in [4.78, 5) is 26.2. The molecule has 0 fully saturated rings. The van der Waals surface area contributed by atoms with E-state index in [1.807, 2.05) is 19.9 Å². The Morgan fingerprint density at radius 2 is 1.81 bits per heavy atom. The summed E-state index contributed by atoms with van der Waals surface area (Å²) < 4.78 is 0. The van der Waals surface area contributed by atoms with Crippen molar-refractivity contribution in [3.63, 3.8) is 0 Å². The van der Waals surface area contributed by atoms with Crippen LogP contribution in [0.15, 0.2) is 30.3 Å². The summed E-state index contributed by atoms with van der Waals surface area (Å²) >= 11 is 0. The number of aromatic amines is 1. The number of H-pyrrole nitrogens is 1. The van der Waals surface area contributed by atoms with Gasteiger partial charge in [0, 0.05) is 36.1 Å². The molecule has 0 radical (unpaired) electrons. The lowest BCUT2D eigenvalue weighted by molar-refractivity contribution is -0.114. The van der Waals surface area contributed by atoms with Crippen LogP contribution >= 0.6 is 0 Å². The Balaban J connectivity index is 1.97. The molecule has 0 unspecified atom stereocenters. The minimum absolute atomic E-state index is 0.134. The molecule has 2 rings (SSSR count). The smallest absolute Gasteiger partial charge is 0.251 e. The van der Waals surface area contributed by atoms with Crippen LogP contribution in [0, 0.1) is 13.8 Å². The zero-order chi connectivity index (χ0) is 15.4. The number of anilines is 1. The van der Waals surface area contributed by atoms with Gasteiger partial charge >= 0.3 is 0 Å². The number of hydrogen-bond donors (Lipinski definition) is 3. The lowest BCUT2D eigenvalue weighted by Gasteiger charge is -2.06. The first kappa shape index (κ1) is 14.8. The molecule has 0 atom stereocenters. The van der Waals surface area contributed by atoms with Crippen molar-refractivity contribution in [1.82, 2.24) is 10.3 Å². The summed E-state index contributed by atoms with van der Waals surface area (Å²) in [7, 11) is 0. The molecule has 1 aromatic carbocycles. The first-order chi connectivity index (χ1) is 9.95. The van der Waals surface area contributed by atoms with Gasteiger partial charge in [-0.2, -0.15) is 0 Å². The van der Waals surface area contributed by atoms with Crippen LogP contribution in [0.3, 0.4) is 0 Å². The van der Waals surface area contributed by atoms with Gasteiger partial charge in [-0.05, 0) is 49.7 Å². The van der Waals surface area contributed by atoms with E-state index in [4.69, 9.17) is 0 Å². The molecule has 3 N–H and O–H groups in total. The largest absolute Gasteiger partial charge is 0.362 e. The molecule has 2 aromatic rings. The van der Waals surface area contributed by atoms with Gasteiger partial charge in [0.15, 0.2) is 0 Å². The average molecular weight is 285 g/mol. The average Bonchev–Trinajstić information content (AvgIpc) is 2.74. The second-order valence-electron chi connectivity index (χ2n) is 5.04. The Bertz CT molecular complexity index is 657. The van der Waals surface area contributed by atoms with E-state index >= 15 is 0 Å². The molecular formula is C16H19N3O2. The normalized spacial score (nSPS) is 10.2. The zero-order valence-corrected chi connectivity index (χ0v) is 12.4. The number of carbonyl (C=O) groups is 2. The highest BCUT2D eigenvalue weighted by atomic mass is 16.2. The lowest BCUT2D eigenvalue weighted by Crippen LogP contribution is -2.22. The molecule has 5 nitrogen and oxygen atoms in total. The van der Waals surface area contributed by atoms with Crippen LogP contribution in [0.1, 0.15) is 34.2 Å². The quantitative estimate of drug-likeness (QED) is 0.807. The molecule has 0 aliphatic heterocycles. The molecular weight excluding hydrogens is 266 g/mol. The van der Waals surface area contributed by atoms with E-state index in [-0.39, 0.29) is 11.8 Å². The van der Waals surface area contributed by atoms with Crippen molar-refractivity contribution in [2.24, 2.45) is 0 Å². The van der Waals surface area contributed by atoms with Crippen LogP contribution in [0.4, 0.5) is 5.69 Å². The summed E-state index contributed by atoms with van der Waals surface area (Å²) in [6, 6.07) is 8.82. The highest BCUT2D eigenvalue weighted by Crippen LogP contribution is 2.11. The van der Waals surface area contributed by atoms with E-state index < -0.39 is 0 Å². The van der Waals surface area contributed by atoms with Gasteiger partial charge in [-0.3, -0.25) is 9.59 Å². The number of aryl methyl sites for hydroxylation is 2. The number of carbonyl (C=O) groups excluding carboxylic acids is 2. The van der Waals surface area contributed by atoms with Crippen molar-refractivity contribution in [2.75, 3.05) is 5.32 Å². The van der Waals surface area contributed by atoms with Crippen molar-refractivity contribution in [3.05, 3.63) is 52.8 Å². The van der Waals surface area contributed by atoms with Crippen LogP contribution in [-0.2, 0) is 11.3 Å². The van der Waals surface area contributed by atoms with Crippen molar-refractivity contribution in [2.45, 2.75) is 27.3 Å². The lowest BCUT2D eigenvalue weighted by atomic mass is 10.2. The third-order valence-electron chi connectivity index (χ3n) is 3.16. The molecule has 0 aliphatic rings. The Morgan fingerprint density at radius 1 is 1.14 bits per heavy atom.